The molecule has 3 saturated heterocycles. The quantitative estimate of drug-likeness (QED) is 0.135. The number of amides is 1. The largest absolute Gasteiger partial charge is 0.461 e. The number of carbonyl (C=O) groups excluding carboxylic acids is 4. The summed E-state index contributed by atoms with van der Waals surface area (Å²) in [6.07, 6.45) is -8.76. The molecule has 37 heavy (non-hydrogen) atoms. The fourth-order valence-corrected chi connectivity index (χ4v) is 5.43. The summed E-state index contributed by atoms with van der Waals surface area (Å²) in [4.78, 5) is 49.3. The van der Waals surface area contributed by atoms with Gasteiger partial charge in [-0.15, -0.1) is 0 Å². The zero-order valence-electron chi connectivity index (χ0n) is 20.2. The Bertz CT molecular complexity index is 958. The maximum Gasteiger partial charge on any atom is 0.311 e. The van der Waals surface area contributed by atoms with Gasteiger partial charge in [0, 0.05) is 35.0 Å². The highest BCUT2D eigenvalue weighted by molar-refractivity contribution is 6.76. The second-order valence-electron chi connectivity index (χ2n) is 8.72. The van der Waals surface area contributed by atoms with Crippen molar-refractivity contribution in [3.05, 3.63) is 0 Å². The molecule has 3 heterocycles. The van der Waals surface area contributed by atoms with Crippen molar-refractivity contribution in [2.45, 2.75) is 72.4 Å². The van der Waals surface area contributed by atoms with Crippen molar-refractivity contribution in [2.24, 2.45) is 5.92 Å². The van der Waals surface area contributed by atoms with E-state index < -0.39 is 88.0 Å². The van der Waals surface area contributed by atoms with Crippen LogP contribution in [0.25, 0.3) is 0 Å². The number of halogens is 3. The molecule has 1 amide bonds. The van der Waals surface area contributed by atoms with Crippen molar-refractivity contribution in [1.29, 1.82) is 0 Å². The molecule has 4 aliphatic rings. The number of ether oxygens (including phenoxy) is 7. The van der Waals surface area contributed by atoms with Crippen molar-refractivity contribution in [2.75, 3.05) is 20.8 Å². The first-order chi connectivity index (χ1) is 17.0. The van der Waals surface area contributed by atoms with Crippen LogP contribution in [0.4, 0.5) is 0 Å². The van der Waals surface area contributed by atoms with E-state index in [0.29, 0.717) is 0 Å². The Labute approximate surface area is 225 Å². The maximum atomic E-state index is 13.0. The second-order valence-corrected chi connectivity index (χ2v) is 11.0. The van der Waals surface area contributed by atoms with Gasteiger partial charge >= 0.3 is 23.9 Å². The van der Waals surface area contributed by atoms with E-state index in [1.807, 2.05) is 0 Å². The molecule has 0 spiro atoms. The third kappa shape index (κ3) is 4.87. The van der Waals surface area contributed by atoms with Gasteiger partial charge in [0.15, 0.2) is 18.5 Å². The van der Waals surface area contributed by atoms with Crippen LogP contribution < -0.4 is 5.32 Å². The molecule has 14 nitrogen and oxygen atoms in total. The highest BCUT2D eigenvalue weighted by Crippen LogP contribution is 2.60. The lowest BCUT2D eigenvalue weighted by atomic mass is 9.55. The summed E-state index contributed by atoms with van der Waals surface area (Å²) in [5.41, 5.74) is -4.43. The van der Waals surface area contributed by atoms with Gasteiger partial charge in [-0.3, -0.25) is 19.2 Å². The first kappa shape index (κ1) is 30.1. The van der Waals surface area contributed by atoms with Crippen LogP contribution in [-0.4, -0.2) is 106 Å². The SMILES string of the molecule is COC(OC)[C@H]1[C@H]2O[C@]3(O)O[C@@H]([C@@H](OC(C)=O)[C@@]1(NC(=O)C(Cl)(Cl)Cl)[C@@H]3O)[C@@]2(COC(C)=O)OC(C)=O. The average Bonchev–Trinajstić information content (AvgIpc) is 2.76. The van der Waals surface area contributed by atoms with Crippen LogP contribution in [0.2, 0.25) is 0 Å². The highest BCUT2D eigenvalue weighted by Gasteiger charge is 2.85. The Morgan fingerprint density at radius 1 is 1.00 bits per heavy atom. The number of aliphatic hydroxyl groups is 2. The van der Waals surface area contributed by atoms with E-state index in [1.165, 1.54) is 14.2 Å². The van der Waals surface area contributed by atoms with Crippen LogP contribution in [0.15, 0.2) is 0 Å². The molecule has 4 fully saturated rings. The summed E-state index contributed by atoms with van der Waals surface area (Å²) in [5, 5.41) is 24.9. The number of aliphatic hydroxyl groups excluding tert-OH is 1. The van der Waals surface area contributed by atoms with E-state index in [2.05, 4.69) is 5.32 Å². The summed E-state index contributed by atoms with van der Waals surface area (Å²) in [7, 11) is 2.39. The zero-order valence-corrected chi connectivity index (χ0v) is 22.5. The summed E-state index contributed by atoms with van der Waals surface area (Å²) < 4.78 is 35.7. The minimum Gasteiger partial charge on any atom is -0.461 e. The van der Waals surface area contributed by atoms with Crippen molar-refractivity contribution in [3.63, 3.8) is 0 Å². The summed E-state index contributed by atoms with van der Waals surface area (Å²) >= 11 is 17.3. The Balaban J connectivity index is 2.37. The van der Waals surface area contributed by atoms with Crippen molar-refractivity contribution < 1.29 is 62.5 Å². The number of nitrogens with one attached hydrogen (secondary N) is 1. The highest BCUT2D eigenvalue weighted by atomic mass is 35.6. The molecule has 17 heteroatoms. The molecule has 0 aromatic carbocycles. The first-order valence-electron chi connectivity index (χ1n) is 10.7. The Kier molecular flexibility index (Phi) is 8.32. The van der Waals surface area contributed by atoms with Gasteiger partial charge in [0.2, 0.25) is 5.60 Å². The fraction of sp³-hybridized carbons (Fsp3) is 0.800. The molecule has 3 N–H and O–H groups in total. The summed E-state index contributed by atoms with van der Waals surface area (Å²) in [5.74, 6) is -8.32. The molecular formula is C20H26Cl3NO13. The predicted octanol–water partition coefficient (Wildman–Crippen LogP) is -0.938. The molecule has 8 atom stereocenters. The van der Waals surface area contributed by atoms with Crippen LogP contribution in [0.5, 0.6) is 0 Å². The Morgan fingerprint density at radius 3 is 2.03 bits per heavy atom. The monoisotopic (exact) mass is 593 g/mol. The molecule has 210 valence electrons. The number of methoxy groups -OCH3 is 2. The Hall–Kier alpha value is -1.49. The van der Waals surface area contributed by atoms with Crippen LogP contribution in [-0.2, 0) is 52.3 Å². The number of alkyl halides is 3. The van der Waals surface area contributed by atoms with Crippen LogP contribution in [0.3, 0.4) is 0 Å². The standard InChI is InChI=1S/C20H26Cl3NO13/c1-7(25)33-6-17(35-9(3)27)11-10(14(31-4)32-5)18(24-16(29)19(21,22)23)13(34-8(2)26)12(17)37-20(30,36-11)15(18)28/h10-15,28,30H,6H2,1-5H3,(H,24,29)/t10-,11-,12+,13-,15+,17+,18-,20+/m1/s1. The van der Waals surface area contributed by atoms with Crippen LogP contribution >= 0.6 is 34.8 Å². The van der Waals surface area contributed by atoms with E-state index in [-0.39, 0.29) is 0 Å². The molecule has 1 aliphatic carbocycles. The third-order valence-electron chi connectivity index (χ3n) is 6.45. The van der Waals surface area contributed by atoms with Gasteiger partial charge in [0.1, 0.15) is 24.4 Å². The summed E-state index contributed by atoms with van der Waals surface area (Å²) in [6.45, 7) is 2.38. The molecule has 0 aromatic heterocycles. The molecule has 0 radical (unpaired) electrons. The molecule has 0 unspecified atom stereocenters. The van der Waals surface area contributed by atoms with E-state index in [9.17, 15) is 29.4 Å². The smallest absolute Gasteiger partial charge is 0.311 e. The van der Waals surface area contributed by atoms with Gasteiger partial charge in [-0.1, -0.05) is 34.8 Å². The van der Waals surface area contributed by atoms with E-state index in [0.717, 1.165) is 20.8 Å². The lowest BCUT2D eigenvalue weighted by Gasteiger charge is -2.71. The van der Waals surface area contributed by atoms with Crippen molar-refractivity contribution >= 4 is 58.6 Å². The number of hydrogen-bond acceptors (Lipinski definition) is 13. The van der Waals surface area contributed by atoms with Gasteiger partial charge in [-0.2, -0.15) is 0 Å². The number of rotatable bonds is 8. The minimum absolute atomic E-state index is 0.730. The van der Waals surface area contributed by atoms with Gasteiger partial charge in [0.05, 0.1) is 5.92 Å². The third-order valence-corrected chi connectivity index (χ3v) is 6.96. The fourth-order valence-electron chi connectivity index (χ4n) is 5.29. The minimum atomic E-state index is -2.88. The van der Waals surface area contributed by atoms with Crippen LogP contribution in [0, 0.1) is 5.92 Å². The van der Waals surface area contributed by atoms with Crippen molar-refractivity contribution in [1.82, 2.24) is 5.32 Å². The Morgan fingerprint density at radius 2 is 1.57 bits per heavy atom. The number of hydrogen-bond donors (Lipinski definition) is 3. The van der Waals surface area contributed by atoms with Gasteiger partial charge < -0.3 is 48.7 Å². The topological polar surface area (TPSA) is 185 Å². The number of esters is 3. The molecule has 4 rings (SSSR count). The predicted molar refractivity (Wildman–Crippen MR) is 120 cm³/mol. The first-order valence-corrected chi connectivity index (χ1v) is 11.8. The molecule has 1 saturated carbocycles. The lowest BCUT2D eigenvalue weighted by molar-refractivity contribution is -0.550. The van der Waals surface area contributed by atoms with Crippen LogP contribution in [0.1, 0.15) is 20.8 Å². The van der Waals surface area contributed by atoms with Gasteiger partial charge in [0.25, 0.3) is 9.70 Å². The normalized spacial score (nSPS) is 38.3. The van der Waals surface area contributed by atoms with Crippen molar-refractivity contribution in [3.8, 4) is 0 Å². The lowest BCUT2D eigenvalue weighted by Crippen LogP contribution is -2.95. The number of carbonyl (C=O) groups is 4. The average molecular weight is 595 g/mol. The van der Waals surface area contributed by atoms with E-state index in [4.69, 9.17) is 68.0 Å². The molecule has 3 aliphatic heterocycles. The van der Waals surface area contributed by atoms with E-state index in [1.54, 1.807) is 0 Å². The molecule has 0 aromatic rings. The van der Waals surface area contributed by atoms with Gasteiger partial charge in [-0.05, 0) is 0 Å². The zero-order chi connectivity index (χ0) is 28.1. The molecule has 4 bridgehead atoms. The summed E-state index contributed by atoms with van der Waals surface area (Å²) in [6, 6.07) is 0. The van der Waals surface area contributed by atoms with Gasteiger partial charge in [-0.25, -0.2) is 0 Å². The van der Waals surface area contributed by atoms with E-state index >= 15 is 0 Å². The second kappa shape index (κ2) is 10.2. The maximum absolute atomic E-state index is 13.0. The molecular weight excluding hydrogens is 569 g/mol.